The fraction of sp³-hybridized carbons (Fsp3) is 0.383. The number of nitrogens with zero attached hydrogens (tertiary/aromatic N) is 1. The number of benzene rings is 6. The van der Waals surface area contributed by atoms with E-state index in [9.17, 15) is 25.3 Å². The van der Waals surface area contributed by atoms with E-state index in [1.807, 2.05) is 133 Å². The third-order valence-corrected chi connectivity index (χ3v) is 22.1. The lowest BCUT2D eigenvalue weighted by atomic mass is 9.89. The molecule has 0 aliphatic carbocycles. The van der Waals surface area contributed by atoms with Gasteiger partial charge in [-0.25, -0.2) is 30.0 Å². The predicted molar refractivity (Wildman–Crippen MR) is 381 cm³/mol. The third-order valence-electron chi connectivity index (χ3n) is 12.5. The van der Waals surface area contributed by atoms with Crippen LogP contribution in [0.4, 0.5) is 0 Å². The van der Waals surface area contributed by atoms with Gasteiger partial charge < -0.3 is 29.8 Å². The quantitative estimate of drug-likeness (QED) is 0.0941. The van der Waals surface area contributed by atoms with Crippen molar-refractivity contribution < 1.29 is 49.3 Å². The van der Waals surface area contributed by atoms with Gasteiger partial charge in [-0.3, -0.25) is 0 Å². The van der Waals surface area contributed by atoms with Crippen molar-refractivity contribution in [2.75, 3.05) is 60.0 Å². The maximum Gasteiger partial charge on any atom is 0.261 e. The topological polar surface area (TPSA) is 222 Å². The summed E-state index contributed by atoms with van der Waals surface area (Å²) >= 11 is 28.7. The van der Waals surface area contributed by atoms with Crippen molar-refractivity contribution in [2.24, 2.45) is 10.1 Å². The minimum absolute atomic E-state index is 0. The van der Waals surface area contributed by atoms with Gasteiger partial charge in [0.05, 0.1) is 94.4 Å². The third kappa shape index (κ3) is 25.0. The molecule has 10 rings (SSSR count). The molecule has 0 bridgehead atoms. The fourth-order valence-electron chi connectivity index (χ4n) is 7.37. The van der Waals surface area contributed by atoms with Crippen LogP contribution in [0.25, 0.3) is 0 Å². The van der Waals surface area contributed by atoms with E-state index in [2.05, 4.69) is 99.6 Å². The first kappa shape index (κ1) is 82.5. The summed E-state index contributed by atoms with van der Waals surface area (Å²) in [5.74, 6) is 0. The number of nitrogens with one attached hydrogen (secondary N) is 2. The number of aliphatic hydroxyl groups is 1. The highest BCUT2D eigenvalue weighted by Crippen LogP contribution is 2.36. The summed E-state index contributed by atoms with van der Waals surface area (Å²) in [6.45, 7) is 19.0. The lowest BCUT2D eigenvalue weighted by Gasteiger charge is -2.43. The maximum absolute atomic E-state index is 12.8. The van der Waals surface area contributed by atoms with Crippen LogP contribution in [-0.2, 0) is 76.6 Å². The first-order chi connectivity index (χ1) is 40.1. The van der Waals surface area contributed by atoms with E-state index in [0.717, 1.165) is 51.9 Å². The van der Waals surface area contributed by atoms with Gasteiger partial charge in [-0.05, 0) is 162 Å². The molecule has 0 aromatic heterocycles. The van der Waals surface area contributed by atoms with Crippen LogP contribution in [0.15, 0.2) is 170 Å². The minimum atomic E-state index is -3.72. The van der Waals surface area contributed by atoms with Crippen molar-refractivity contribution in [1.82, 2.24) is 9.44 Å². The van der Waals surface area contributed by atoms with Gasteiger partial charge >= 0.3 is 0 Å². The van der Waals surface area contributed by atoms with Gasteiger partial charge in [-0.2, -0.15) is 9.12 Å². The smallest absolute Gasteiger partial charge is 0.261 e. The number of rotatable bonds is 10. The molecule has 4 fully saturated rings. The number of sulfonamides is 1. The van der Waals surface area contributed by atoms with Crippen LogP contribution in [0.1, 0.15) is 76.8 Å². The van der Waals surface area contributed by atoms with E-state index in [-0.39, 0.29) is 50.2 Å². The fourth-order valence-corrected chi connectivity index (χ4v) is 14.5. The Morgan fingerprint density at radius 3 is 1.24 bits per heavy atom. The van der Waals surface area contributed by atoms with Crippen LogP contribution in [-0.4, -0.2) is 106 Å². The van der Waals surface area contributed by atoms with Crippen molar-refractivity contribution in [3.63, 3.8) is 0 Å². The number of aliphatic hydroxyl groups excluding tert-OH is 1. The highest BCUT2D eigenvalue weighted by Gasteiger charge is 2.45. The zero-order valence-corrected chi connectivity index (χ0v) is 63.3. The lowest BCUT2D eigenvalue weighted by Crippen LogP contribution is -2.59. The molecule has 4 aliphatic rings. The van der Waals surface area contributed by atoms with E-state index in [1.165, 1.54) is 6.07 Å². The first-order valence-corrected chi connectivity index (χ1v) is 36.8. The molecule has 2 atom stereocenters. The second-order valence-electron chi connectivity index (χ2n) is 21.5. The number of ether oxygens (including phenoxy) is 4. The Morgan fingerprint density at radius 2 is 0.920 bits per heavy atom. The number of hydrogen-bond donors (Lipinski definition) is 4. The van der Waals surface area contributed by atoms with Gasteiger partial charge in [0.25, 0.3) is 9.05 Å². The van der Waals surface area contributed by atoms with Gasteiger partial charge in [-0.15, -0.1) is 12.4 Å². The molecular weight excluding hydrogens is 1620 g/mol. The lowest BCUT2D eigenvalue weighted by molar-refractivity contribution is -0.0664. The molecule has 28 heteroatoms. The Labute approximate surface area is 587 Å². The highest BCUT2D eigenvalue weighted by molar-refractivity contribution is 9.11. The Hall–Kier alpha value is -1.57. The second-order valence-corrected chi connectivity index (χ2v) is 35.0. The summed E-state index contributed by atoms with van der Waals surface area (Å²) in [5, 5.41) is 7.82. The molecule has 6 aromatic rings. The highest BCUT2D eigenvalue weighted by atomic mass is 79.9. The van der Waals surface area contributed by atoms with E-state index < -0.39 is 46.6 Å². The molecular formula is C60H75Br5Cl4N4O11S4. The molecule has 0 saturated carbocycles. The predicted octanol–water partition coefficient (Wildman–Crippen LogP) is 15.3. The molecule has 0 spiro atoms. The molecule has 0 radical (unpaired) electrons. The summed E-state index contributed by atoms with van der Waals surface area (Å²) in [6, 6.07) is 41.1. The van der Waals surface area contributed by atoms with E-state index in [1.54, 1.807) is 44.2 Å². The van der Waals surface area contributed by atoms with Gasteiger partial charge in [0.2, 0.25) is 10.0 Å². The monoisotopic (exact) mass is 1690 g/mol. The summed E-state index contributed by atoms with van der Waals surface area (Å²) < 4.78 is 106. The molecule has 5 N–H and O–H groups in total. The van der Waals surface area contributed by atoms with Crippen LogP contribution in [0.5, 0.6) is 0 Å². The molecule has 2 unspecified atom stereocenters. The Balaban J connectivity index is 0.000000368. The van der Waals surface area contributed by atoms with Crippen LogP contribution in [0.3, 0.4) is 0 Å². The molecule has 488 valence electrons. The summed E-state index contributed by atoms with van der Waals surface area (Å²) in [7, 11) is -3.46. The molecule has 0 amide bonds. The van der Waals surface area contributed by atoms with Gasteiger partial charge in [0, 0.05) is 50.2 Å². The van der Waals surface area contributed by atoms with Crippen molar-refractivity contribution in [2.45, 2.75) is 98.7 Å². The van der Waals surface area contributed by atoms with Crippen molar-refractivity contribution in [3.05, 3.63) is 194 Å². The minimum Gasteiger partial charge on any atom is -0.400 e. The zero-order chi connectivity index (χ0) is 64.5. The Morgan fingerprint density at radius 1 is 0.557 bits per heavy atom. The zero-order valence-electron chi connectivity index (χ0n) is 49.0. The van der Waals surface area contributed by atoms with Crippen LogP contribution in [0, 0.1) is 13.8 Å². The molecule has 15 nitrogen and oxygen atoms in total. The molecule has 4 aliphatic heterocycles. The average molecular weight is 1700 g/mol. The van der Waals surface area contributed by atoms with E-state index >= 15 is 0 Å². The SMILES string of the molecule is Brc1cccc(Br)c1.C.CC(C)(C)S(=O)N=C1COC1.CC(C)(C)S(=O)NC1(c2cccc(Br)c2)COC1.CO.Cc1c(Cl)cccc1S(=O)(=O)Cl.Cc1c(Cl)cccc1S(=O)(=O)NC1(c2cccc(Br)c2)COC1.Cl.NC1(c2cccc(Br)c2)COC1. The Kier molecular flexibility index (Phi) is 34.6. The molecule has 4 heterocycles. The number of nitrogens with two attached hydrogens (primary N) is 1. The summed E-state index contributed by atoms with van der Waals surface area (Å²) in [5.41, 5.74) is 9.78. The second kappa shape index (κ2) is 36.9. The normalized spacial score (nSPS) is 16.4. The molecule has 6 aromatic carbocycles. The van der Waals surface area contributed by atoms with Crippen molar-refractivity contribution in [1.29, 1.82) is 0 Å². The van der Waals surface area contributed by atoms with E-state index in [0.29, 0.717) is 74.0 Å². The molecule has 4 saturated heterocycles. The first-order valence-electron chi connectivity index (χ1n) is 26.0. The van der Waals surface area contributed by atoms with Crippen molar-refractivity contribution in [3.8, 4) is 0 Å². The van der Waals surface area contributed by atoms with Crippen LogP contribution >= 0.6 is 126 Å². The number of halogens is 9. The van der Waals surface area contributed by atoms with Crippen LogP contribution in [0.2, 0.25) is 10.0 Å². The van der Waals surface area contributed by atoms with Gasteiger partial charge in [0.15, 0.2) is 0 Å². The summed E-state index contributed by atoms with van der Waals surface area (Å²) in [6.07, 6.45) is 0. The van der Waals surface area contributed by atoms with Crippen LogP contribution < -0.4 is 15.2 Å². The van der Waals surface area contributed by atoms with E-state index in [4.69, 9.17) is 63.7 Å². The van der Waals surface area contributed by atoms with Gasteiger partial charge in [-0.1, -0.05) is 165 Å². The van der Waals surface area contributed by atoms with Crippen molar-refractivity contribution >= 4 is 173 Å². The molecule has 88 heavy (non-hydrogen) atoms. The summed E-state index contributed by atoms with van der Waals surface area (Å²) in [4.78, 5) is 0.253. The standard InChI is InChI=1S/C16H15BrClNO3S.C13H18BrNO2S.C9H10BrNO.C7H6Cl2O2S.C7H13NO2S.C6H4Br2.CH4O.CH4.ClH/c1-11-14(18)6-3-7-15(11)23(20,21)19-16(9-22-10-16)12-4-2-5-13(17)8-12;1-12(2,3)18(16)15-13(8-17-9-13)10-5-4-6-11(14)7-10;10-8-3-1-2-7(4-8)9(11)5-12-6-9;1-5-6(8)3-2-4-7(5)12(9,10)11;1-7(2,3)11(9)8-6-4-10-5-6;7-5-2-1-3-6(8)4-5;1-2;;/h2-8,19H,9-10H2,1H3;4-7,15H,8-9H2,1-3H3;1-4H,5-6,11H2;2-4H,1H3;4-5H2,1-3H3;1-4H;2H,1H3;1H4;1H. The average Bonchev–Trinajstić information content (AvgIpc) is 0.948. The largest absolute Gasteiger partial charge is 0.400 e. The Bertz CT molecular complexity index is 3530. The number of hydrogen-bond acceptors (Lipinski definition) is 12. The van der Waals surface area contributed by atoms with Gasteiger partial charge in [0.1, 0.15) is 22.1 Å². The maximum atomic E-state index is 12.8.